The van der Waals surface area contributed by atoms with Crippen molar-refractivity contribution >= 4 is 17.2 Å². The van der Waals surface area contributed by atoms with Crippen molar-refractivity contribution in [3.05, 3.63) is 0 Å². The Morgan fingerprint density at radius 2 is 1.60 bits per heavy atom. The van der Waals surface area contributed by atoms with Gasteiger partial charge in [0.2, 0.25) is 0 Å². The van der Waals surface area contributed by atoms with Gasteiger partial charge in [-0.2, -0.15) is 13.2 Å². The van der Waals surface area contributed by atoms with Crippen LogP contribution in [0.5, 0.6) is 0 Å². The Balaban J connectivity index is 2.27. The monoisotopic (exact) mass is 241 g/mol. The average molecular weight is 241 g/mol. The molecule has 88 valence electrons. The molecule has 1 aliphatic heterocycles. The van der Waals surface area contributed by atoms with Crippen molar-refractivity contribution in [3.63, 3.8) is 0 Å². The zero-order valence-corrected chi connectivity index (χ0v) is 9.07. The minimum absolute atomic E-state index is 0.388. The van der Waals surface area contributed by atoms with E-state index in [0.29, 0.717) is 37.7 Å². The van der Waals surface area contributed by atoms with E-state index in [2.05, 4.69) is 0 Å². The van der Waals surface area contributed by atoms with E-state index < -0.39 is 12.7 Å². The van der Waals surface area contributed by atoms with Gasteiger partial charge >= 0.3 is 6.18 Å². The third kappa shape index (κ3) is 5.29. The lowest BCUT2D eigenvalue weighted by atomic mass is 10.3. The highest BCUT2D eigenvalue weighted by Gasteiger charge is 2.31. The topological polar surface area (TPSA) is 32.5 Å². The Labute approximate surface area is 92.0 Å². The molecule has 0 aromatic rings. The molecule has 0 atom stereocenters. The molecule has 1 rings (SSSR count). The largest absolute Gasteiger partial charge is 0.401 e. The van der Waals surface area contributed by atoms with Gasteiger partial charge in [0.25, 0.3) is 0 Å². The summed E-state index contributed by atoms with van der Waals surface area (Å²) in [5.41, 5.74) is 5.36. The first-order valence-corrected chi connectivity index (χ1v) is 5.07. The molecule has 0 amide bonds. The summed E-state index contributed by atoms with van der Waals surface area (Å²) in [5, 5.41) is 0. The van der Waals surface area contributed by atoms with Crippen molar-refractivity contribution in [1.29, 1.82) is 0 Å². The van der Waals surface area contributed by atoms with Gasteiger partial charge < -0.3 is 5.73 Å². The van der Waals surface area contributed by atoms with E-state index in [4.69, 9.17) is 18.0 Å². The number of thiocarbonyl (C=S) groups is 1. The minimum atomic E-state index is -4.11. The van der Waals surface area contributed by atoms with Gasteiger partial charge in [0, 0.05) is 32.7 Å². The van der Waals surface area contributed by atoms with Crippen LogP contribution in [0, 0.1) is 0 Å². The molecule has 1 fully saturated rings. The number of halogens is 3. The summed E-state index contributed by atoms with van der Waals surface area (Å²) in [6, 6.07) is 0. The lowest BCUT2D eigenvalue weighted by molar-refractivity contribution is -0.149. The molecule has 0 spiro atoms. The maximum atomic E-state index is 12.1. The lowest BCUT2D eigenvalue weighted by Crippen LogP contribution is -2.50. The molecule has 15 heavy (non-hydrogen) atoms. The van der Waals surface area contributed by atoms with Crippen LogP contribution in [-0.2, 0) is 0 Å². The smallest absolute Gasteiger partial charge is 0.392 e. The van der Waals surface area contributed by atoms with E-state index in [-0.39, 0.29) is 0 Å². The minimum Gasteiger partial charge on any atom is -0.392 e. The molecule has 0 aromatic carbocycles. The lowest BCUT2D eigenvalue weighted by Gasteiger charge is -2.34. The van der Waals surface area contributed by atoms with E-state index in [9.17, 15) is 13.2 Å². The first kappa shape index (κ1) is 12.7. The van der Waals surface area contributed by atoms with Crippen LogP contribution in [0.25, 0.3) is 0 Å². The summed E-state index contributed by atoms with van der Waals surface area (Å²) in [7, 11) is 0. The fraction of sp³-hybridized carbons (Fsp3) is 0.875. The Hall–Kier alpha value is -0.400. The van der Waals surface area contributed by atoms with E-state index in [1.54, 1.807) is 0 Å². The van der Waals surface area contributed by atoms with Crippen molar-refractivity contribution in [2.45, 2.75) is 6.18 Å². The Bertz CT molecular complexity index is 224. The number of piperazine rings is 1. The van der Waals surface area contributed by atoms with Crippen LogP contribution in [0.1, 0.15) is 0 Å². The second-order valence-electron chi connectivity index (χ2n) is 3.63. The van der Waals surface area contributed by atoms with Crippen molar-refractivity contribution < 1.29 is 13.2 Å². The van der Waals surface area contributed by atoms with Crippen LogP contribution in [0.3, 0.4) is 0 Å². The van der Waals surface area contributed by atoms with Gasteiger partial charge in [0.05, 0.1) is 11.5 Å². The molecule has 1 aliphatic rings. The Morgan fingerprint density at radius 1 is 1.13 bits per heavy atom. The summed E-state index contributed by atoms with van der Waals surface area (Å²) in [6.07, 6.45) is -4.11. The van der Waals surface area contributed by atoms with Crippen molar-refractivity contribution in [2.24, 2.45) is 5.73 Å². The summed E-state index contributed by atoms with van der Waals surface area (Å²) in [5.74, 6) is 0. The second-order valence-corrected chi connectivity index (χ2v) is 4.16. The number of rotatable bonds is 3. The fourth-order valence-electron chi connectivity index (χ4n) is 1.58. The summed E-state index contributed by atoms with van der Waals surface area (Å²) < 4.78 is 36.2. The van der Waals surface area contributed by atoms with Crippen LogP contribution in [0.4, 0.5) is 13.2 Å². The molecule has 0 unspecified atom stereocenters. The Morgan fingerprint density at radius 3 is 2.00 bits per heavy atom. The number of alkyl halides is 3. The number of hydrogen-bond donors (Lipinski definition) is 1. The maximum absolute atomic E-state index is 12.1. The molecule has 0 aromatic heterocycles. The highest BCUT2D eigenvalue weighted by molar-refractivity contribution is 7.80. The van der Waals surface area contributed by atoms with Gasteiger partial charge in [-0.3, -0.25) is 9.80 Å². The molecule has 1 heterocycles. The van der Waals surface area contributed by atoms with Crippen LogP contribution in [-0.4, -0.2) is 60.2 Å². The third-order valence-corrected chi connectivity index (χ3v) is 2.38. The molecule has 2 N–H and O–H groups in total. The Kier molecular flexibility index (Phi) is 4.30. The normalized spacial score (nSPS) is 20.5. The molecule has 0 radical (unpaired) electrons. The average Bonchev–Trinajstić information content (AvgIpc) is 2.05. The first-order valence-electron chi connectivity index (χ1n) is 4.66. The summed E-state index contributed by atoms with van der Waals surface area (Å²) in [6.45, 7) is 1.69. The van der Waals surface area contributed by atoms with Gasteiger partial charge in [-0.15, -0.1) is 0 Å². The summed E-state index contributed by atoms with van der Waals surface area (Å²) >= 11 is 4.74. The van der Waals surface area contributed by atoms with E-state index in [1.165, 1.54) is 4.90 Å². The van der Waals surface area contributed by atoms with E-state index in [0.717, 1.165) is 0 Å². The molecular formula is C8H14F3N3S. The van der Waals surface area contributed by atoms with Gasteiger partial charge in [0.15, 0.2) is 0 Å². The van der Waals surface area contributed by atoms with Crippen molar-refractivity contribution in [3.8, 4) is 0 Å². The zero-order valence-electron chi connectivity index (χ0n) is 8.26. The highest BCUT2D eigenvalue weighted by Crippen LogP contribution is 2.17. The quantitative estimate of drug-likeness (QED) is 0.727. The number of nitrogens with zero attached hydrogens (tertiary/aromatic N) is 2. The van der Waals surface area contributed by atoms with E-state index in [1.807, 2.05) is 4.90 Å². The van der Waals surface area contributed by atoms with Crippen LogP contribution >= 0.6 is 12.2 Å². The van der Waals surface area contributed by atoms with Gasteiger partial charge in [-0.05, 0) is 0 Å². The van der Waals surface area contributed by atoms with E-state index >= 15 is 0 Å². The third-order valence-electron chi connectivity index (χ3n) is 2.25. The maximum Gasteiger partial charge on any atom is 0.401 e. The molecule has 0 aliphatic carbocycles. The molecule has 0 bridgehead atoms. The number of hydrogen-bond acceptors (Lipinski definition) is 3. The molecule has 7 heteroatoms. The predicted octanol–water partition coefficient (Wildman–Crippen LogP) is 0.452. The predicted molar refractivity (Wildman–Crippen MR) is 55.7 cm³/mol. The van der Waals surface area contributed by atoms with Gasteiger partial charge in [-0.1, -0.05) is 12.2 Å². The van der Waals surface area contributed by atoms with Gasteiger partial charge in [0.1, 0.15) is 0 Å². The molecular weight excluding hydrogens is 227 g/mol. The van der Waals surface area contributed by atoms with Crippen LogP contribution < -0.4 is 5.73 Å². The van der Waals surface area contributed by atoms with Crippen LogP contribution in [0.15, 0.2) is 0 Å². The van der Waals surface area contributed by atoms with Crippen molar-refractivity contribution in [2.75, 3.05) is 39.3 Å². The number of nitrogens with two attached hydrogens (primary N) is 1. The fourth-order valence-corrected chi connectivity index (χ4v) is 1.76. The van der Waals surface area contributed by atoms with Crippen molar-refractivity contribution in [1.82, 2.24) is 9.80 Å². The SMILES string of the molecule is NC(=S)CN1CCN(CC(F)(F)F)CC1. The standard InChI is InChI=1S/C8H14F3N3S/c9-8(10,11)6-14-3-1-13(2-4-14)5-7(12)15/h1-6H2,(H2,12,15). The molecule has 1 saturated heterocycles. The highest BCUT2D eigenvalue weighted by atomic mass is 32.1. The van der Waals surface area contributed by atoms with Gasteiger partial charge in [-0.25, -0.2) is 0 Å². The second kappa shape index (κ2) is 5.09. The first-order chi connectivity index (χ1) is 6.87. The summed E-state index contributed by atoms with van der Waals surface area (Å²) in [4.78, 5) is 3.75. The molecule has 0 saturated carbocycles. The zero-order chi connectivity index (χ0) is 11.5. The van der Waals surface area contributed by atoms with Crippen LogP contribution in [0.2, 0.25) is 0 Å². The molecule has 3 nitrogen and oxygen atoms in total.